The molecule has 2 N–H and O–H groups in total. The van der Waals surface area contributed by atoms with E-state index in [-0.39, 0.29) is 0 Å². The Labute approximate surface area is 74.8 Å². The molecule has 12 heavy (non-hydrogen) atoms. The van der Waals surface area contributed by atoms with E-state index in [1.165, 1.54) is 11.8 Å². The van der Waals surface area contributed by atoms with E-state index in [9.17, 15) is 4.79 Å². The van der Waals surface area contributed by atoms with Gasteiger partial charge in [-0.15, -0.1) is 11.8 Å². The van der Waals surface area contributed by atoms with Crippen LogP contribution in [-0.4, -0.2) is 17.5 Å². The highest BCUT2D eigenvalue weighted by atomic mass is 32.2. The number of rotatable bonds is 2. The maximum atomic E-state index is 10.3. The van der Waals surface area contributed by atoms with Crippen molar-refractivity contribution in [2.24, 2.45) is 0 Å². The molecular formula is C8H9NO2S. The highest BCUT2D eigenvalue weighted by Gasteiger charge is 2.01. The first-order chi connectivity index (χ1) is 5.74. The van der Waals surface area contributed by atoms with Crippen LogP contribution in [0.5, 0.6) is 0 Å². The molecule has 1 amide bonds. The fourth-order valence-corrected chi connectivity index (χ4v) is 1.42. The lowest BCUT2D eigenvalue weighted by atomic mass is 10.3. The molecule has 0 saturated carbocycles. The predicted molar refractivity (Wildman–Crippen MR) is 49.9 cm³/mol. The van der Waals surface area contributed by atoms with Crippen LogP contribution in [0.25, 0.3) is 0 Å². The van der Waals surface area contributed by atoms with Gasteiger partial charge in [-0.25, -0.2) is 4.79 Å². The van der Waals surface area contributed by atoms with Gasteiger partial charge in [-0.05, 0) is 18.4 Å². The summed E-state index contributed by atoms with van der Waals surface area (Å²) in [7, 11) is 0. The molecule has 1 rings (SSSR count). The normalized spacial score (nSPS) is 9.42. The van der Waals surface area contributed by atoms with Gasteiger partial charge in [0.2, 0.25) is 0 Å². The minimum absolute atomic E-state index is 0.637. The Balaban J connectivity index is 2.89. The zero-order valence-corrected chi connectivity index (χ0v) is 7.39. The molecule has 1 aromatic carbocycles. The maximum absolute atomic E-state index is 10.3. The summed E-state index contributed by atoms with van der Waals surface area (Å²) in [5.74, 6) is 0. The van der Waals surface area contributed by atoms with Crippen molar-refractivity contribution in [3.8, 4) is 0 Å². The second kappa shape index (κ2) is 4.01. The SMILES string of the molecule is CSc1ccccc1NC(=O)O. The molecule has 0 aliphatic heterocycles. The largest absolute Gasteiger partial charge is 0.465 e. The molecule has 3 nitrogen and oxygen atoms in total. The van der Waals surface area contributed by atoms with Crippen molar-refractivity contribution in [1.82, 2.24) is 0 Å². The number of nitrogens with one attached hydrogen (secondary N) is 1. The van der Waals surface area contributed by atoms with Crippen molar-refractivity contribution < 1.29 is 9.90 Å². The summed E-state index contributed by atoms with van der Waals surface area (Å²) in [6, 6.07) is 7.28. The van der Waals surface area contributed by atoms with Crippen LogP contribution in [0.1, 0.15) is 0 Å². The molecule has 0 aliphatic carbocycles. The van der Waals surface area contributed by atoms with Gasteiger partial charge in [0.1, 0.15) is 0 Å². The molecule has 0 spiro atoms. The van der Waals surface area contributed by atoms with Crippen LogP contribution < -0.4 is 5.32 Å². The van der Waals surface area contributed by atoms with E-state index < -0.39 is 6.09 Å². The van der Waals surface area contributed by atoms with Crippen molar-refractivity contribution in [2.45, 2.75) is 4.90 Å². The number of hydrogen-bond acceptors (Lipinski definition) is 2. The Morgan fingerprint density at radius 2 is 2.17 bits per heavy atom. The lowest BCUT2D eigenvalue weighted by molar-refractivity contribution is 0.209. The summed E-state index contributed by atoms with van der Waals surface area (Å²) in [5.41, 5.74) is 0.637. The topological polar surface area (TPSA) is 49.3 Å². The fraction of sp³-hybridized carbons (Fsp3) is 0.125. The second-order valence-electron chi connectivity index (χ2n) is 2.13. The highest BCUT2D eigenvalue weighted by Crippen LogP contribution is 2.24. The molecular weight excluding hydrogens is 174 g/mol. The number of amides is 1. The zero-order valence-electron chi connectivity index (χ0n) is 6.57. The van der Waals surface area contributed by atoms with Crippen LogP contribution in [0, 0.1) is 0 Å². The molecule has 64 valence electrons. The van der Waals surface area contributed by atoms with Crippen LogP contribution in [0.4, 0.5) is 10.5 Å². The maximum Gasteiger partial charge on any atom is 0.409 e. The minimum atomic E-state index is -1.03. The Hall–Kier alpha value is -1.16. The van der Waals surface area contributed by atoms with Gasteiger partial charge in [0.15, 0.2) is 0 Å². The van der Waals surface area contributed by atoms with Gasteiger partial charge in [-0.3, -0.25) is 5.32 Å². The number of anilines is 1. The molecule has 0 bridgehead atoms. The molecule has 0 unspecified atom stereocenters. The minimum Gasteiger partial charge on any atom is -0.465 e. The molecule has 4 heteroatoms. The Morgan fingerprint density at radius 1 is 1.50 bits per heavy atom. The van der Waals surface area contributed by atoms with Crippen LogP contribution in [0.2, 0.25) is 0 Å². The molecule has 0 saturated heterocycles. The van der Waals surface area contributed by atoms with Crippen molar-refractivity contribution >= 4 is 23.5 Å². The number of carboxylic acid groups (broad SMARTS) is 1. The first-order valence-electron chi connectivity index (χ1n) is 3.37. The molecule has 0 aliphatic rings. The van der Waals surface area contributed by atoms with E-state index in [0.717, 1.165) is 4.90 Å². The lowest BCUT2D eigenvalue weighted by Gasteiger charge is -2.04. The van der Waals surface area contributed by atoms with E-state index in [4.69, 9.17) is 5.11 Å². The molecule has 1 aromatic rings. The summed E-state index contributed by atoms with van der Waals surface area (Å²) in [6.45, 7) is 0. The smallest absolute Gasteiger partial charge is 0.409 e. The van der Waals surface area contributed by atoms with Crippen LogP contribution in [0.15, 0.2) is 29.2 Å². The third kappa shape index (κ3) is 2.17. The number of hydrogen-bond donors (Lipinski definition) is 2. The van der Waals surface area contributed by atoms with E-state index in [0.29, 0.717) is 5.69 Å². The van der Waals surface area contributed by atoms with E-state index in [1.54, 1.807) is 12.1 Å². The van der Waals surface area contributed by atoms with E-state index >= 15 is 0 Å². The van der Waals surface area contributed by atoms with Crippen LogP contribution in [0.3, 0.4) is 0 Å². The molecule has 0 aromatic heterocycles. The van der Waals surface area contributed by atoms with Gasteiger partial charge in [0.05, 0.1) is 5.69 Å². The molecule has 0 heterocycles. The van der Waals surface area contributed by atoms with Crippen LogP contribution >= 0.6 is 11.8 Å². The van der Waals surface area contributed by atoms with Gasteiger partial charge in [-0.2, -0.15) is 0 Å². The average molecular weight is 183 g/mol. The van der Waals surface area contributed by atoms with Gasteiger partial charge in [0.25, 0.3) is 0 Å². The zero-order chi connectivity index (χ0) is 8.97. The predicted octanol–water partition coefficient (Wildman–Crippen LogP) is 2.50. The van der Waals surface area contributed by atoms with E-state index in [2.05, 4.69) is 5.32 Å². The summed E-state index contributed by atoms with van der Waals surface area (Å²) in [6.07, 6.45) is 0.874. The number of para-hydroxylation sites is 1. The number of thioether (sulfide) groups is 1. The summed E-state index contributed by atoms with van der Waals surface area (Å²) >= 11 is 1.51. The monoisotopic (exact) mass is 183 g/mol. The van der Waals surface area contributed by atoms with Gasteiger partial charge < -0.3 is 5.11 Å². The van der Waals surface area contributed by atoms with Crippen molar-refractivity contribution in [2.75, 3.05) is 11.6 Å². The van der Waals surface area contributed by atoms with Gasteiger partial charge >= 0.3 is 6.09 Å². The molecule has 0 fully saturated rings. The summed E-state index contributed by atoms with van der Waals surface area (Å²) in [4.78, 5) is 11.2. The van der Waals surface area contributed by atoms with Crippen molar-refractivity contribution in [1.29, 1.82) is 0 Å². The van der Waals surface area contributed by atoms with Gasteiger partial charge in [0, 0.05) is 4.90 Å². The third-order valence-electron chi connectivity index (χ3n) is 1.35. The first kappa shape index (κ1) is 8.93. The third-order valence-corrected chi connectivity index (χ3v) is 2.14. The quantitative estimate of drug-likeness (QED) is 0.692. The van der Waals surface area contributed by atoms with Gasteiger partial charge in [-0.1, -0.05) is 12.1 Å². The van der Waals surface area contributed by atoms with E-state index in [1.807, 2.05) is 18.4 Å². The fourth-order valence-electron chi connectivity index (χ4n) is 0.863. The first-order valence-corrected chi connectivity index (χ1v) is 4.59. The Kier molecular flexibility index (Phi) is 2.99. The summed E-state index contributed by atoms with van der Waals surface area (Å²) < 4.78 is 0. The van der Waals surface area contributed by atoms with Crippen molar-refractivity contribution in [3.63, 3.8) is 0 Å². The lowest BCUT2D eigenvalue weighted by Crippen LogP contribution is -2.07. The van der Waals surface area contributed by atoms with Crippen molar-refractivity contribution in [3.05, 3.63) is 24.3 Å². The highest BCUT2D eigenvalue weighted by molar-refractivity contribution is 7.98. The molecule has 0 radical (unpaired) electrons. The summed E-state index contributed by atoms with van der Waals surface area (Å²) in [5, 5.41) is 10.8. The average Bonchev–Trinajstić information content (AvgIpc) is 2.04. The number of carbonyl (C=O) groups is 1. The molecule has 0 atom stereocenters. The number of benzene rings is 1. The Morgan fingerprint density at radius 3 is 2.75 bits per heavy atom. The van der Waals surface area contributed by atoms with Crippen LogP contribution in [-0.2, 0) is 0 Å². The second-order valence-corrected chi connectivity index (χ2v) is 2.98. The Bertz CT molecular complexity index is 288. The standard InChI is InChI=1S/C8H9NO2S/c1-12-7-5-3-2-4-6(7)9-8(10)11/h2-5,9H,1H3,(H,10,11).